The SMILES string of the molecule is OCC1c2ccccc2OC1c1nc2ccccc2s1. The maximum atomic E-state index is 9.72. The van der Waals surface area contributed by atoms with E-state index < -0.39 is 0 Å². The molecule has 1 aliphatic rings. The molecule has 4 rings (SSSR count). The van der Waals surface area contributed by atoms with Crippen LogP contribution in [0.5, 0.6) is 5.75 Å². The van der Waals surface area contributed by atoms with Gasteiger partial charge in [-0.25, -0.2) is 4.98 Å². The molecule has 0 amide bonds. The van der Waals surface area contributed by atoms with Gasteiger partial charge in [0.05, 0.1) is 22.7 Å². The van der Waals surface area contributed by atoms with Crippen LogP contribution < -0.4 is 4.74 Å². The maximum Gasteiger partial charge on any atom is 0.159 e. The zero-order valence-electron chi connectivity index (χ0n) is 10.7. The molecule has 0 saturated carbocycles. The van der Waals surface area contributed by atoms with Crippen LogP contribution in [0.25, 0.3) is 10.2 Å². The molecule has 0 saturated heterocycles. The molecule has 0 aliphatic carbocycles. The van der Waals surface area contributed by atoms with Crippen LogP contribution in [0.3, 0.4) is 0 Å². The van der Waals surface area contributed by atoms with Gasteiger partial charge in [0.1, 0.15) is 10.8 Å². The summed E-state index contributed by atoms with van der Waals surface area (Å²) in [5.41, 5.74) is 2.06. The molecular weight excluding hydrogens is 270 g/mol. The lowest BCUT2D eigenvalue weighted by molar-refractivity contribution is 0.160. The van der Waals surface area contributed by atoms with Gasteiger partial charge in [0.2, 0.25) is 0 Å². The molecule has 0 spiro atoms. The fraction of sp³-hybridized carbons (Fsp3) is 0.188. The number of aromatic nitrogens is 1. The Hall–Kier alpha value is -1.91. The standard InChI is InChI=1S/C16H13NO2S/c18-9-11-10-5-1-3-7-13(10)19-15(11)16-17-12-6-2-4-8-14(12)20-16/h1-8,11,15,18H,9H2. The van der Waals surface area contributed by atoms with Crippen molar-refractivity contribution in [3.8, 4) is 5.75 Å². The summed E-state index contributed by atoms with van der Waals surface area (Å²) < 4.78 is 7.17. The van der Waals surface area contributed by atoms with Crippen molar-refractivity contribution in [1.82, 2.24) is 4.98 Å². The van der Waals surface area contributed by atoms with E-state index in [0.29, 0.717) is 0 Å². The van der Waals surface area contributed by atoms with Crippen molar-refractivity contribution in [2.45, 2.75) is 12.0 Å². The zero-order chi connectivity index (χ0) is 13.5. The van der Waals surface area contributed by atoms with Gasteiger partial charge >= 0.3 is 0 Å². The van der Waals surface area contributed by atoms with Crippen molar-refractivity contribution in [3.63, 3.8) is 0 Å². The highest BCUT2D eigenvalue weighted by Crippen LogP contribution is 2.46. The summed E-state index contributed by atoms with van der Waals surface area (Å²) in [5, 5.41) is 10.6. The summed E-state index contributed by atoms with van der Waals surface area (Å²) in [4.78, 5) is 4.66. The summed E-state index contributed by atoms with van der Waals surface area (Å²) in [6, 6.07) is 16.0. The van der Waals surface area contributed by atoms with Crippen molar-refractivity contribution >= 4 is 21.6 Å². The molecule has 1 aliphatic heterocycles. The maximum absolute atomic E-state index is 9.72. The molecule has 20 heavy (non-hydrogen) atoms. The van der Waals surface area contributed by atoms with Gasteiger partial charge in [-0.1, -0.05) is 30.3 Å². The molecule has 2 atom stereocenters. The average Bonchev–Trinajstić information content (AvgIpc) is 3.07. The van der Waals surface area contributed by atoms with Gasteiger partial charge in [0, 0.05) is 5.56 Å². The third kappa shape index (κ3) is 1.72. The molecule has 1 aromatic heterocycles. The van der Waals surface area contributed by atoms with E-state index >= 15 is 0 Å². The number of ether oxygens (including phenoxy) is 1. The van der Waals surface area contributed by atoms with Gasteiger partial charge in [0.15, 0.2) is 6.10 Å². The van der Waals surface area contributed by atoms with E-state index in [0.717, 1.165) is 26.5 Å². The van der Waals surface area contributed by atoms with Gasteiger partial charge < -0.3 is 9.84 Å². The van der Waals surface area contributed by atoms with E-state index in [9.17, 15) is 5.11 Å². The van der Waals surface area contributed by atoms with Crippen molar-refractivity contribution in [2.75, 3.05) is 6.61 Å². The lowest BCUT2D eigenvalue weighted by Crippen LogP contribution is -2.12. The smallest absolute Gasteiger partial charge is 0.159 e. The number of fused-ring (bicyclic) bond motifs is 2. The fourth-order valence-corrected chi connectivity index (χ4v) is 3.77. The Morgan fingerprint density at radius 3 is 2.75 bits per heavy atom. The van der Waals surface area contributed by atoms with Gasteiger partial charge in [-0.05, 0) is 18.2 Å². The Balaban J connectivity index is 1.79. The zero-order valence-corrected chi connectivity index (χ0v) is 11.5. The average molecular weight is 283 g/mol. The van der Waals surface area contributed by atoms with Crippen molar-refractivity contribution in [2.24, 2.45) is 0 Å². The Kier molecular flexibility index (Phi) is 2.72. The number of benzene rings is 2. The highest BCUT2D eigenvalue weighted by Gasteiger charge is 2.36. The number of para-hydroxylation sites is 2. The quantitative estimate of drug-likeness (QED) is 0.782. The predicted molar refractivity (Wildman–Crippen MR) is 79.3 cm³/mol. The minimum absolute atomic E-state index is 0.0354. The van der Waals surface area contributed by atoms with Crippen LogP contribution in [0.15, 0.2) is 48.5 Å². The molecule has 3 aromatic rings. The summed E-state index contributed by atoms with van der Waals surface area (Å²) in [7, 11) is 0. The van der Waals surface area contributed by atoms with E-state index in [1.54, 1.807) is 11.3 Å². The van der Waals surface area contributed by atoms with Crippen LogP contribution in [0.2, 0.25) is 0 Å². The lowest BCUT2D eigenvalue weighted by atomic mass is 9.97. The van der Waals surface area contributed by atoms with Crippen LogP contribution in [0.1, 0.15) is 22.6 Å². The highest BCUT2D eigenvalue weighted by atomic mass is 32.1. The van der Waals surface area contributed by atoms with Crippen molar-refractivity contribution in [1.29, 1.82) is 0 Å². The minimum atomic E-state index is -0.185. The molecule has 2 unspecified atom stereocenters. The normalized spacial score (nSPS) is 20.9. The van der Waals surface area contributed by atoms with Crippen molar-refractivity contribution < 1.29 is 9.84 Å². The van der Waals surface area contributed by atoms with Gasteiger partial charge in [-0.15, -0.1) is 11.3 Å². The number of thiazole rings is 1. The lowest BCUT2D eigenvalue weighted by Gasteiger charge is -2.14. The number of aliphatic hydroxyl groups excluding tert-OH is 1. The van der Waals surface area contributed by atoms with E-state index in [1.165, 1.54) is 0 Å². The molecular formula is C16H13NO2S. The Morgan fingerprint density at radius 1 is 1.10 bits per heavy atom. The Labute approximate surface area is 120 Å². The minimum Gasteiger partial charge on any atom is -0.482 e. The second-order valence-electron chi connectivity index (χ2n) is 4.89. The fourth-order valence-electron chi connectivity index (χ4n) is 2.70. The third-order valence-electron chi connectivity index (χ3n) is 3.69. The van der Waals surface area contributed by atoms with Crippen LogP contribution in [-0.4, -0.2) is 16.7 Å². The Bertz CT molecular complexity index is 735. The summed E-state index contributed by atoms with van der Waals surface area (Å²) in [6.07, 6.45) is -0.185. The number of nitrogens with zero attached hydrogens (tertiary/aromatic N) is 1. The van der Waals surface area contributed by atoms with Crippen LogP contribution in [0, 0.1) is 0 Å². The van der Waals surface area contributed by atoms with Gasteiger partial charge in [-0.3, -0.25) is 0 Å². The van der Waals surface area contributed by atoms with Crippen LogP contribution >= 0.6 is 11.3 Å². The molecule has 0 radical (unpaired) electrons. The van der Waals surface area contributed by atoms with E-state index in [-0.39, 0.29) is 18.6 Å². The first-order valence-electron chi connectivity index (χ1n) is 6.59. The first kappa shape index (κ1) is 11.9. The van der Waals surface area contributed by atoms with Gasteiger partial charge in [0.25, 0.3) is 0 Å². The molecule has 0 bridgehead atoms. The number of aliphatic hydroxyl groups is 1. The molecule has 2 heterocycles. The largest absolute Gasteiger partial charge is 0.482 e. The first-order chi connectivity index (χ1) is 9.86. The second kappa shape index (κ2) is 4.58. The molecule has 0 fully saturated rings. The molecule has 4 heteroatoms. The molecule has 100 valence electrons. The van der Waals surface area contributed by atoms with E-state index in [4.69, 9.17) is 4.74 Å². The Morgan fingerprint density at radius 2 is 1.90 bits per heavy atom. The van der Waals surface area contributed by atoms with Crippen LogP contribution in [0.4, 0.5) is 0 Å². The third-order valence-corrected chi connectivity index (χ3v) is 4.79. The molecule has 1 N–H and O–H groups in total. The monoisotopic (exact) mass is 283 g/mol. The number of hydrogen-bond donors (Lipinski definition) is 1. The van der Waals surface area contributed by atoms with Crippen molar-refractivity contribution in [3.05, 3.63) is 59.1 Å². The highest BCUT2D eigenvalue weighted by molar-refractivity contribution is 7.18. The second-order valence-corrected chi connectivity index (χ2v) is 5.95. The number of hydrogen-bond acceptors (Lipinski definition) is 4. The number of rotatable bonds is 2. The molecule has 3 nitrogen and oxygen atoms in total. The summed E-state index contributed by atoms with van der Waals surface area (Å²) in [5.74, 6) is 0.822. The predicted octanol–water partition coefficient (Wildman–Crippen LogP) is 3.51. The van der Waals surface area contributed by atoms with E-state index in [1.807, 2.05) is 42.5 Å². The first-order valence-corrected chi connectivity index (χ1v) is 7.40. The molecule has 2 aromatic carbocycles. The summed E-state index contributed by atoms with van der Waals surface area (Å²) in [6.45, 7) is 0.0671. The van der Waals surface area contributed by atoms with Crippen LogP contribution in [-0.2, 0) is 0 Å². The van der Waals surface area contributed by atoms with E-state index in [2.05, 4.69) is 11.1 Å². The van der Waals surface area contributed by atoms with Gasteiger partial charge in [-0.2, -0.15) is 0 Å². The summed E-state index contributed by atoms with van der Waals surface area (Å²) >= 11 is 1.64. The topological polar surface area (TPSA) is 42.4 Å².